The van der Waals surface area contributed by atoms with Gasteiger partial charge in [0.2, 0.25) is 0 Å². The van der Waals surface area contributed by atoms with E-state index in [9.17, 15) is 24.6 Å². The zero-order valence-corrected chi connectivity index (χ0v) is 25.4. The van der Waals surface area contributed by atoms with Crippen LogP contribution in [0.1, 0.15) is 47.4 Å². The van der Waals surface area contributed by atoms with E-state index < -0.39 is 11.9 Å². The van der Waals surface area contributed by atoms with Gasteiger partial charge in [-0.2, -0.15) is 0 Å². The molecule has 12 heteroatoms. The number of aromatic carboxylic acids is 2. The average Bonchev–Trinajstić information content (AvgIpc) is 2.95. The van der Waals surface area contributed by atoms with Crippen molar-refractivity contribution >= 4 is 50.7 Å². The number of nitrogens with zero attached hydrogens (tertiary/aromatic N) is 5. The lowest BCUT2D eigenvalue weighted by atomic mass is 9.94. The Morgan fingerprint density at radius 1 is 0.952 bits per heavy atom. The molecule has 42 heavy (non-hydrogen) atoms. The third-order valence-electron chi connectivity index (χ3n) is 8.31. The molecule has 0 saturated carbocycles. The highest BCUT2D eigenvalue weighted by Gasteiger charge is 2.34. The molecule has 0 aliphatic carbocycles. The number of carboxylic acid groups (broad SMARTS) is 2. The summed E-state index contributed by atoms with van der Waals surface area (Å²) in [7, 11) is 1.71. The van der Waals surface area contributed by atoms with E-state index in [2.05, 4.69) is 54.8 Å². The number of piperazine rings is 1. The first-order valence-corrected chi connectivity index (χ1v) is 14.8. The third kappa shape index (κ3) is 6.14. The quantitative estimate of drug-likeness (QED) is 0.345. The Morgan fingerprint density at radius 2 is 1.67 bits per heavy atom. The van der Waals surface area contributed by atoms with Crippen LogP contribution in [0.4, 0.5) is 22.9 Å². The van der Waals surface area contributed by atoms with Crippen molar-refractivity contribution in [3.05, 3.63) is 74.7 Å². The minimum Gasteiger partial charge on any atom is -0.478 e. The maximum Gasteiger partial charge on any atom is 0.336 e. The van der Waals surface area contributed by atoms with Crippen molar-refractivity contribution in [1.29, 1.82) is 0 Å². The Balaban J connectivity index is 1.19. The fraction of sp³-hybridized carbons (Fsp3) is 0.400. The molecule has 4 heterocycles. The highest BCUT2D eigenvalue weighted by Crippen LogP contribution is 2.31. The average molecular weight is 640 g/mol. The Morgan fingerprint density at radius 3 is 2.31 bits per heavy atom. The number of aryl methyl sites for hydroxylation is 1. The zero-order chi connectivity index (χ0) is 30.1. The van der Waals surface area contributed by atoms with Crippen LogP contribution in [0.15, 0.2) is 58.1 Å². The van der Waals surface area contributed by atoms with E-state index in [1.807, 2.05) is 18.3 Å². The van der Waals surface area contributed by atoms with Crippen molar-refractivity contribution < 1.29 is 19.8 Å². The largest absolute Gasteiger partial charge is 0.478 e. The molecule has 2 fully saturated rings. The first-order chi connectivity index (χ1) is 20.0. The monoisotopic (exact) mass is 638 g/mol. The maximum absolute atomic E-state index is 12.4. The fourth-order valence-electron chi connectivity index (χ4n) is 6.17. The van der Waals surface area contributed by atoms with Gasteiger partial charge in [-0.05, 0) is 79.0 Å². The molecule has 2 saturated heterocycles. The number of nitrogens with one attached hydrogen (secondary N) is 1. The Hall–Kier alpha value is -3.90. The van der Waals surface area contributed by atoms with Gasteiger partial charge in [-0.15, -0.1) is 0 Å². The first-order valence-electron chi connectivity index (χ1n) is 14.0. The summed E-state index contributed by atoms with van der Waals surface area (Å²) < 4.78 is 2.32. The second-order valence-electron chi connectivity index (χ2n) is 11.1. The predicted molar refractivity (Wildman–Crippen MR) is 165 cm³/mol. The molecule has 3 aromatic rings. The number of carbonyl (C=O) groups is 2. The molecule has 3 N–H and O–H groups in total. The van der Waals surface area contributed by atoms with Crippen LogP contribution in [0.2, 0.25) is 0 Å². The van der Waals surface area contributed by atoms with Crippen molar-refractivity contribution in [3.63, 3.8) is 0 Å². The molecule has 11 nitrogen and oxygen atoms in total. The van der Waals surface area contributed by atoms with Gasteiger partial charge in [-0.3, -0.25) is 9.69 Å². The van der Waals surface area contributed by atoms with Crippen LogP contribution in [-0.4, -0.2) is 80.9 Å². The van der Waals surface area contributed by atoms with E-state index in [0.717, 1.165) is 54.9 Å². The molecule has 1 unspecified atom stereocenters. The van der Waals surface area contributed by atoms with Crippen molar-refractivity contribution in [3.8, 4) is 0 Å². The van der Waals surface area contributed by atoms with Crippen LogP contribution in [0.5, 0.6) is 0 Å². The molecule has 2 aliphatic heterocycles. The third-order valence-corrected chi connectivity index (χ3v) is 8.75. The van der Waals surface area contributed by atoms with Gasteiger partial charge >= 0.3 is 11.9 Å². The van der Waals surface area contributed by atoms with E-state index in [1.54, 1.807) is 25.4 Å². The number of hydrogen-bond acceptors (Lipinski definition) is 8. The van der Waals surface area contributed by atoms with Crippen molar-refractivity contribution in [2.24, 2.45) is 7.05 Å². The van der Waals surface area contributed by atoms with Gasteiger partial charge in [0.05, 0.1) is 23.0 Å². The van der Waals surface area contributed by atoms with Gasteiger partial charge < -0.3 is 29.9 Å². The number of hydrogen-bond donors (Lipinski definition) is 3. The topological polar surface area (TPSA) is 131 Å². The lowest BCUT2D eigenvalue weighted by Crippen LogP contribution is -2.58. The second kappa shape index (κ2) is 12.1. The van der Waals surface area contributed by atoms with Crippen LogP contribution in [0.3, 0.4) is 0 Å². The summed E-state index contributed by atoms with van der Waals surface area (Å²) in [5, 5.41) is 22.0. The number of anilines is 4. The van der Waals surface area contributed by atoms with Gasteiger partial charge in [0.1, 0.15) is 11.5 Å². The highest BCUT2D eigenvalue weighted by molar-refractivity contribution is 9.10. The maximum atomic E-state index is 12.4. The van der Waals surface area contributed by atoms with Crippen LogP contribution < -0.4 is 20.7 Å². The van der Waals surface area contributed by atoms with E-state index in [0.29, 0.717) is 17.5 Å². The molecule has 222 valence electrons. The molecule has 0 amide bonds. The minimum absolute atomic E-state index is 0.130. The SMILES string of the molecule is CC1CN([C@H]2CCN(c3ccc(C(=O)O)c(C(=O)O)c3)[C@H](C)C2)CCN1c1ccc(Nc2cc(Br)cn(C)c2=O)nc1. The minimum atomic E-state index is -1.24. The van der Waals surface area contributed by atoms with Crippen LogP contribution in [-0.2, 0) is 7.05 Å². The van der Waals surface area contributed by atoms with Gasteiger partial charge in [-0.1, -0.05) is 0 Å². The Bertz CT molecular complexity index is 1540. The molecule has 3 atom stereocenters. The molecule has 5 rings (SSSR count). The number of benzene rings is 1. The summed E-state index contributed by atoms with van der Waals surface area (Å²) in [5.74, 6) is -1.87. The highest BCUT2D eigenvalue weighted by atomic mass is 79.9. The second-order valence-corrected chi connectivity index (χ2v) is 12.0. The number of halogens is 1. The summed E-state index contributed by atoms with van der Waals surface area (Å²) in [6, 6.07) is 11.1. The number of aromatic nitrogens is 2. The summed E-state index contributed by atoms with van der Waals surface area (Å²) in [6.07, 6.45) is 5.44. The summed E-state index contributed by atoms with van der Waals surface area (Å²) >= 11 is 3.42. The Kier molecular flexibility index (Phi) is 8.55. The summed E-state index contributed by atoms with van der Waals surface area (Å²) in [6.45, 7) is 7.84. The van der Waals surface area contributed by atoms with Crippen molar-refractivity contribution in [1.82, 2.24) is 14.5 Å². The number of carboxylic acids is 2. The molecule has 0 spiro atoms. The van der Waals surface area contributed by atoms with Gasteiger partial charge in [0, 0.05) is 67.7 Å². The standard InChI is InChI=1S/C30H35BrN6O5/c1-18-12-21(8-9-36(18)22-4-6-24(29(39)40)25(14-22)30(41)42)35-10-11-37(19(2)16-35)23-5-7-27(32-15-23)33-26-13-20(31)17-34(3)28(26)38/h4-7,13-15,17-19,21H,8-12,16H2,1-3H3,(H,32,33)(H,39,40)(H,41,42)/t18-,19?,21+/m1/s1. The molecule has 2 aliphatic rings. The summed E-state index contributed by atoms with van der Waals surface area (Å²) in [5.41, 5.74) is 1.72. The number of piperidine rings is 1. The van der Waals surface area contributed by atoms with E-state index in [1.165, 1.54) is 16.7 Å². The van der Waals surface area contributed by atoms with E-state index >= 15 is 0 Å². The molecule has 1 aromatic carbocycles. The van der Waals surface area contributed by atoms with Crippen molar-refractivity contribution in [2.75, 3.05) is 41.3 Å². The van der Waals surface area contributed by atoms with Crippen LogP contribution >= 0.6 is 15.9 Å². The predicted octanol–water partition coefficient (Wildman–Crippen LogP) is 4.25. The molecular weight excluding hydrogens is 604 g/mol. The lowest BCUT2D eigenvalue weighted by molar-refractivity contribution is 0.0651. The van der Waals surface area contributed by atoms with Gasteiger partial charge in [0.25, 0.3) is 5.56 Å². The molecule has 0 bridgehead atoms. The van der Waals surface area contributed by atoms with Crippen LogP contribution in [0.25, 0.3) is 0 Å². The van der Waals surface area contributed by atoms with Crippen molar-refractivity contribution in [2.45, 2.75) is 44.8 Å². The summed E-state index contributed by atoms with van der Waals surface area (Å²) in [4.78, 5) is 47.2. The normalized spacial score (nSPS) is 21.3. The molecule has 2 aromatic heterocycles. The van der Waals surface area contributed by atoms with E-state index in [4.69, 9.17) is 0 Å². The lowest BCUT2D eigenvalue weighted by Gasteiger charge is -2.48. The Labute approximate surface area is 252 Å². The molecule has 0 radical (unpaired) electrons. The van der Waals surface area contributed by atoms with E-state index in [-0.39, 0.29) is 28.8 Å². The van der Waals surface area contributed by atoms with Gasteiger partial charge in [-0.25, -0.2) is 14.6 Å². The fourth-order valence-corrected chi connectivity index (χ4v) is 6.70. The molecular formula is C30H35BrN6O5. The number of pyridine rings is 2. The number of rotatable bonds is 7. The smallest absolute Gasteiger partial charge is 0.336 e. The van der Waals surface area contributed by atoms with Gasteiger partial charge in [0.15, 0.2) is 0 Å². The van der Waals surface area contributed by atoms with Crippen LogP contribution in [0, 0.1) is 0 Å². The zero-order valence-electron chi connectivity index (χ0n) is 23.8. The first kappa shape index (κ1) is 29.6.